The summed E-state index contributed by atoms with van der Waals surface area (Å²) in [6.45, 7) is 0.807. The van der Waals surface area contributed by atoms with Gasteiger partial charge in [0.2, 0.25) is 0 Å². The second kappa shape index (κ2) is 8.43. The molecule has 0 radical (unpaired) electrons. The summed E-state index contributed by atoms with van der Waals surface area (Å²) in [5.41, 5.74) is 0.516. The Bertz CT molecular complexity index is 807. The highest BCUT2D eigenvalue weighted by Crippen LogP contribution is 2.30. The molecule has 8 nitrogen and oxygen atoms in total. The normalized spacial score (nSPS) is 15.3. The third-order valence-electron chi connectivity index (χ3n) is 3.35. The van der Waals surface area contributed by atoms with E-state index in [4.69, 9.17) is 19.4 Å². The fraction of sp³-hybridized carbons (Fsp3) is 0.312. The molecule has 2 N–H and O–H groups in total. The maximum Gasteiger partial charge on any atom is 0.490 e. The second-order valence-electron chi connectivity index (χ2n) is 5.40. The molecule has 2 aromatic rings. The van der Waals surface area contributed by atoms with Crippen LogP contribution in [0, 0.1) is 0 Å². The van der Waals surface area contributed by atoms with Crippen LogP contribution in [-0.2, 0) is 11.8 Å². The summed E-state index contributed by atoms with van der Waals surface area (Å²) in [6.07, 6.45) is -2.16. The Morgan fingerprint density at radius 1 is 1.33 bits per heavy atom. The number of fused-ring (bicyclic) bond motifs is 1. The van der Waals surface area contributed by atoms with E-state index in [9.17, 15) is 18.0 Å². The van der Waals surface area contributed by atoms with Crippen molar-refractivity contribution in [3.8, 4) is 11.5 Å². The molecule has 0 saturated carbocycles. The van der Waals surface area contributed by atoms with Gasteiger partial charge in [0.25, 0.3) is 5.91 Å². The maximum atomic E-state index is 11.9. The summed E-state index contributed by atoms with van der Waals surface area (Å²) < 4.78 is 44.8. The Balaban J connectivity index is 0.000000321. The SMILES string of the molecule is Cn1cncc1C(=O)NCC1COc2ccccc2O1.O=C(O)C(F)(F)F. The van der Waals surface area contributed by atoms with E-state index in [0.29, 0.717) is 24.6 Å². The van der Waals surface area contributed by atoms with E-state index in [0.717, 1.165) is 5.75 Å². The first-order chi connectivity index (χ1) is 12.7. The number of aromatic nitrogens is 2. The van der Waals surface area contributed by atoms with Gasteiger partial charge in [0.15, 0.2) is 11.5 Å². The number of amides is 1. The number of nitrogens with one attached hydrogen (secondary N) is 1. The third-order valence-corrected chi connectivity index (χ3v) is 3.35. The summed E-state index contributed by atoms with van der Waals surface area (Å²) in [4.78, 5) is 24.8. The molecule has 27 heavy (non-hydrogen) atoms. The molecule has 146 valence electrons. The van der Waals surface area contributed by atoms with Gasteiger partial charge in [0, 0.05) is 7.05 Å². The molecule has 1 aliphatic rings. The first kappa shape index (κ1) is 20.1. The average molecular weight is 387 g/mol. The zero-order chi connectivity index (χ0) is 20.0. The fourth-order valence-corrected chi connectivity index (χ4v) is 2.04. The van der Waals surface area contributed by atoms with Crippen molar-refractivity contribution in [2.24, 2.45) is 7.05 Å². The lowest BCUT2D eigenvalue weighted by molar-refractivity contribution is -0.192. The molecule has 2 heterocycles. The van der Waals surface area contributed by atoms with Crippen LogP contribution < -0.4 is 14.8 Å². The van der Waals surface area contributed by atoms with Gasteiger partial charge in [-0.1, -0.05) is 12.1 Å². The molecule has 0 fully saturated rings. The van der Waals surface area contributed by atoms with E-state index in [2.05, 4.69) is 10.3 Å². The van der Waals surface area contributed by atoms with Crippen molar-refractivity contribution in [3.63, 3.8) is 0 Å². The maximum absolute atomic E-state index is 11.9. The Labute approximate surface area is 151 Å². The van der Waals surface area contributed by atoms with Crippen molar-refractivity contribution in [2.45, 2.75) is 12.3 Å². The highest BCUT2D eigenvalue weighted by atomic mass is 19.4. The Hall–Kier alpha value is -3.24. The van der Waals surface area contributed by atoms with E-state index >= 15 is 0 Å². The van der Waals surface area contributed by atoms with E-state index in [-0.39, 0.29) is 12.0 Å². The minimum Gasteiger partial charge on any atom is -0.486 e. The van der Waals surface area contributed by atoms with Gasteiger partial charge in [-0.25, -0.2) is 9.78 Å². The van der Waals surface area contributed by atoms with E-state index in [1.54, 1.807) is 17.9 Å². The molecule has 0 aliphatic carbocycles. The van der Waals surface area contributed by atoms with Crippen LogP contribution >= 0.6 is 0 Å². The number of hydrogen-bond acceptors (Lipinski definition) is 5. The van der Waals surface area contributed by atoms with Crippen LogP contribution in [0.1, 0.15) is 10.5 Å². The number of imidazole rings is 1. The zero-order valence-corrected chi connectivity index (χ0v) is 14.1. The largest absolute Gasteiger partial charge is 0.490 e. The monoisotopic (exact) mass is 387 g/mol. The summed E-state index contributed by atoms with van der Waals surface area (Å²) >= 11 is 0. The predicted molar refractivity (Wildman–Crippen MR) is 85.6 cm³/mol. The lowest BCUT2D eigenvalue weighted by Crippen LogP contribution is -2.41. The van der Waals surface area contributed by atoms with Gasteiger partial charge in [0.1, 0.15) is 18.4 Å². The van der Waals surface area contributed by atoms with Gasteiger partial charge in [-0.3, -0.25) is 4.79 Å². The number of aryl methyl sites for hydroxylation is 1. The van der Waals surface area contributed by atoms with Crippen LogP contribution in [0.5, 0.6) is 11.5 Å². The number of carbonyl (C=O) groups is 2. The number of rotatable bonds is 3. The first-order valence-electron chi connectivity index (χ1n) is 7.61. The van der Waals surface area contributed by atoms with Crippen LogP contribution in [0.25, 0.3) is 0 Å². The number of benzene rings is 1. The quantitative estimate of drug-likeness (QED) is 0.830. The molecule has 1 aliphatic heterocycles. The van der Waals surface area contributed by atoms with Gasteiger partial charge < -0.3 is 24.5 Å². The fourth-order valence-electron chi connectivity index (χ4n) is 2.04. The number of carbonyl (C=O) groups excluding carboxylic acids is 1. The van der Waals surface area contributed by atoms with Crippen molar-refractivity contribution in [2.75, 3.05) is 13.2 Å². The first-order valence-corrected chi connectivity index (χ1v) is 7.61. The van der Waals surface area contributed by atoms with Crippen molar-refractivity contribution in [1.82, 2.24) is 14.9 Å². The molecular weight excluding hydrogens is 371 g/mol. The van der Waals surface area contributed by atoms with Gasteiger partial charge in [-0.05, 0) is 12.1 Å². The number of nitrogens with zero attached hydrogens (tertiary/aromatic N) is 2. The van der Waals surface area contributed by atoms with Crippen LogP contribution in [0.3, 0.4) is 0 Å². The molecule has 1 amide bonds. The van der Waals surface area contributed by atoms with E-state index in [1.165, 1.54) is 6.20 Å². The van der Waals surface area contributed by atoms with Crippen molar-refractivity contribution < 1.29 is 37.3 Å². The van der Waals surface area contributed by atoms with Gasteiger partial charge in [-0.2, -0.15) is 13.2 Å². The number of hydrogen-bond donors (Lipinski definition) is 2. The summed E-state index contributed by atoms with van der Waals surface area (Å²) in [5, 5.41) is 9.95. The minimum atomic E-state index is -5.08. The highest BCUT2D eigenvalue weighted by molar-refractivity contribution is 5.92. The molecule has 3 rings (SSSR count). The summed E-state index contributed by atoms with van der Waals surface area (Å²) in [7, 11) is 1.78. The predicted octanol–water partition coefficient (Wildman–Crippen LogP) is 1.62. The Morgan fingerprint density at radius 3 is 2.52 bits per heavy atom. The van der Waals surface area contributed by atoms with Crippen LogP contribution in [0.15, 0.2) is 36.8 Å². The topological polar surface area (TPSA) is 103 Å². The molecule has 1 atom stereocenters. The molecule has 1 aromatic heterocycles. The number of halogens is 3. The summed E-state index contributed by atoms with van der Waals surface area (Å²) in [5.74, 6) is -1.49. The molecule has 1 aromatic carbocycles. The second-order valence-corrected chi connectivity index (χ2v) is 5.40. The van der Waals surface area contributed by atoms with Gasteiger partial charge in [-0.15, -0.1) is 0 Å². The van der Waals surface area contributed by atoms with E-state index in [1.807, 2.05) is 24.3 Å². The van der Waals surface area contributed by atoms with Crippen LogP contribution in [0.2, 0.25) is 0 Å². The minimum absolute atomic E-state index is 0.174. The molecule has 11 heteroatoms. The van der Waals surface area contributed by atoms with Crippen LogP contribution in [0.4, 0.5) is 13.2 Å². The molecule has 0 spiro atoms. The molecular formula is C16H16F3N3O5. The number of alkyl halides is 3. The standard InChI is InChI=1S/C14H15N3O3.C2HF3O2/c1-17-9-15-7-11(17)14(18)16-6-10-8-19-12-4-2-3-5-13(12)20-10;3-2(4,5)1(6)7/h2-5,7,9-10H,6,8H2,1H3,(H,16,18);(H,6,7). The van der Waals surface area contributed by atoms with E-state index < -0.39 is 12.1 Å². The number of para-hydroxylation sites is 2. The number of carboxylic acids is 1. The summed E-state index contributed by atoms with van der Waals surface area (Å²) in [6, 6.07) is 7.50. The Morgan fingerprint density at radius 2 is 1.96 bits per heavy atom. The number of ether oxygens (including phenoxy) is 2. The van der Waals surface area contributed by atoms with Gasteiger partial charge in [0.05, 0.1) is 19.1 Å². The zero-order valence-electron chi connectivity index (χ0n) is 14.1. The highest BCUT2D eigenvalue weighted by Gasteiger charge is 2.38. The third kappa shape index (κ3) is 5.62. The van der Waals surface area contributed by atoms with Crippen LogP contribution in [-0.4, -0.2) is 52.0 Å². The Kier molecular flexibility index (Phi) is 6.27. The number of aliphatic carboxylic acids is 1. The van der Waals surface area contributed by atoms with Crippen molar-refractivity contribution >= 4 is 11.9 Å². The average Bonchev–Trinajstić information content (AvgIpc) is 3.05. The van der Waals surface area contributed by atoms with Gasteiger partial charge >= 0.3 is 12.1 Å². The van der Waals surface area contributed by atoms with Crippen molar-refractivity contribution in [1.29, 1.82) is 0 Å². The lowest BCUT2D eigenvalue weighted by atomic mass is 10.2. The number of carboxylic acid groups (broad SMARTS) is 1. The lowest BCUT2D eigenvalue weighted by Gasteiger charge is -2.26. The van der Waals surface area contributed by atoms with Crippen molar-refractivity contribution in [3.05, 3.63) is 42.5 Å². The molecule has 1 unspecified atom stereocenters. The smallest absolute Gasteiger partial charge is 0.486 e. The molecule has 0 saturated heterocycles. The molecule has 0 bridgehead atoms.